The van der Waals surface area contributed by atoms with Crippen molar-refractivity contribution in [3.05, 3.63) is 79.2 Å². The molecular weight excluding hydrogens is 276 g/mol. The first-order valence-corrected chi connectivity index (χ1v) is 6.79. The molecule has 0 aliphatic rings. The summed E-state index contributed by atoms with van der Waals surface area (Å²) in [6.07, 6.45) is 11.9. The van der Waals surface area contributed by atoms with Gasteiger partial charge in [-0.1, -0.05) is 0 Å². The number of anilines is 1. The smallest absolute Gasteiger partial charge is 0.248 e. The fourth-order valence-electron chi connectivity index (χ4n) is 1.96. The van der Waals surface area contributed by atoms with Gasteiger partial charge >= 0.3 is 0 Å². The number of hydrogen-bond acceptors (Lipinski definition) is 3. The standard InChI is InChI=1S/C17H14N4O/c22-17(6-1-14-7-9-18-10-8-14)20-15-2-4-16(5-3-15)21-12-11-19-13-21/h1-13H,(H,20,22)/b6-1+. The molecule has 0 radical (unpaired) electrons. The van der Waals surface area contributed by atoms with Gasteiger partial charge in [0.05, 0.1) is 6.33 Å². The maximum atomic E-state index is 11.9. The third-order valence-electron chi connectivity index (χ3n) is 3.07. The molecule has 2 heterocycles. The van der Waals surface area contributed by atoms with Gasteiger partial charge in [0.25, 0.3) is 0 Å². The SMILES string of the molecule is O=C(/C=C/c1ccncc1)Nc1ccc(-n2ccnc2)cc1. The number of nitrogens with one attached hydrogen (secondary N) is 1. The molecule has 5 nitrogen and oxygen atoms in total. The minimum absolute atomic E-state index is 0.174. The van der Waals surface area contributed by atoms with Crippen molar-refractivity contribution in [3.8, 4) is 5.69 Å². The average Bonchev–Trinajstić information content (AvgIpc) is 3.09. The van der Waals surface area contributed by atoms with Crippen molar-refractivity contribution in [1.82, 2.24) is 14.5 Å². The van der Waals surface area contributed by atoms with Crippen molar-refractivity contribution in [1.29, 1.82) is 0 Å². The van der Waals surface area contributed by atoms with Crippen LogP contribution in [0.1, 0.15) is 5.56 Å². The molecule has 1 aromatic carbocycles. The van der Waals surface area contributed by atoms with Crippen LogP contribution >= 0.6 is 0 Å². The number of rotatable bonds is 4. The Kier molecular flexibility index (Phi) is 4.06. The summed E-state index contributed by atoms with van der Waals surface area (Å²) in [4.78, 5) is 19.8. The molecule has 0 unspecified atom stereocenters. The van der Waals surface area contributed by atoms with Gasteiger partial charge in [0.1, 0.15) is 0 Å². The summed E-state index contributed by atoms with van der Waals surface area (Å²) < 4.78 is 1.90. The number of carbonyl (C=O) groups excluding carboxylic acids is 1. The summed E-state index contributed by atoms with van der Waals surface area (Å²) in [7, 11) is 0. The lowest BCUT2D eigenvalue weighted by Gasteiger charge is -2.05. The number of benzene rings is 1. The highest BCUT2D eigenvalue weighted by atomic mass is 16.1. The fourth-order valence-corrected chi connectivity index (χ4v) is 1.96. The van der Waals surface area contributed by atoms with Crippen LogP contribution in [0.25, 0.3) is 11.8 Å². The van der Waals surface area contributed by atoms with Crippen molar-refractivity contribution >= 4 is 17.7 Å². The topological polar surface area (TPSA) is 59.8 Å². The minimum atomic E-state index is -0.174. The van der Waals surface area contributed by atoms with E-state index in [1.165, 1.54) is 6.08 Å². The monoisotopic (exact) mass is 290 g/mol. The Balaban J connectivity index is 1.63. The molecule has 3 aromatic rings. The van der Waals surface area contributed by atoms with Crippen LogP contribution < -0.4 is 5.32 Å². The number of amides is 1. The lowest BCUT2D eigenvalue weighted by Crippen LogP contribution is -2.07. The summed E-state index contributed by atoms with van der Waals surface area (Å²) in [6, 6.07) is 11.2. The highest BCUT2D eigenvalue weighted by Crippen LogP contribution is 2.13. The lowest BCUT2D eigenvalue weighted by molar-refractivity contribution is -0.111. The van der Waals surface area contributed by atoms with E-state index >= 15 is 0 Å². The number of pyridine rings is 1. The van der Waals surface area contributed by atoms with Gasteiger partial charge in [-0.05, 0) is 48.0 Å². The maximum absolute atomic E-state index is 11.9. The molecule has 0 atom stereocenters. The average molecular weight is 290 g/mol. The second-order valence-corrected chi connectivity index (χ2v) is 4.62. The molecule has 0 aliphatic heterocycles. The summed E-state index contributed by atoms with van der Waals surface area (Å²) in [5, 5.41) is 2.82. The minimum Gasteiger partial charge on any atom is -0.323 e. The molecule has 0 fully saturated rings. The van der Waals surface area contributed by atoms with Gasteiger partial charge in [-0.3, -0.25) is 9.78 Å². The van der Waals surface area contributed by atoms with Crippen LogP contribution in [0.2, 0.25) is 0 Å². The second-order valence-electron chi connectivity index (χ2n) is 4.62. The van der Waals surface area contributed by atoms with Gasteiger partial charge in [-0.15, -0.1) is 0 Å². The quantitative estimate of drug-likeness (QED) is 0.752. The fraction of sp³-hybridized carbons (Fsp3) is 0. The number of aromatic nitrogens is 3. The van der Waals surface area contributed by atoms with Crippen molar-refractivity contribution in [2.45, 2.75) is 0 Å². The van der Waals surface area contributed by atoms with E-state index in [4.69, 9.17) is 0 Å². The molecule has 2 aromatic heterocycles. The summed E-state index contributed by atoms with van der Waals surface area (Å²) in [5.74, 6) is -0.174. The third-order valence-corrected chi connectivity index (χ3v) is 3.07. The van der Waals surface area contributed by atoms with E-state index in [0.717, 1.165) is 16.9 Å². The van der Waals surface area contributed by atoms with Crippen molar-refractivity contribution < 1.29 is 4.79 Å². The third kappa shape index (κ3) is 3.46. The maximum Gasteiger partial charge on any atom is 0.248 e. The van der Waals surface area contributed by atoms with E-state index in [1.807, 2.05) is 47.2 Å². The molecule has 0 bridgehead atoms. The largest absolute Gasteiger partial charge is 0.323 e. The van der Waals surface area contributed by atoms with Crippen LogP contribution in [0.4, 0.5) is 5.69 Å². The second kappa shape index (κ2) is 6.49. The molecule has 0 saturated carbocycles. The molecule has 0 spiro atoms. The number of hydrogen-bond donors (Lipinski definition) is 1. The Bertz CT molecular complexity index is 762. The van der Waals surface area contributed by atoms with Crippen LogP contribution in [0.15, 0.2) is 73.6 Å². The Morgan fingerprint density at radius 3 is 2.45 bits per heavy atom. The van der Waals surface area contributed by atoms with Gasteiger partial charge in [-0.2, -0.15) is 0 Å². The summed E-state index contributed by atoms with van der Waals surface area (Å²) >= 11 is 0. The Morgan fingerprint density at radius 2 is 1.77 bits per heavy atom. The van der Waals surface area contributed by atoms with Gasteiger partial charge in [0, 0.05) is 42.2 Å². The summed E-state index contributed by atoms with van der Waals surface area (Å²) in [6.45, 7) is 0. The van der Waals surface area contributed by atoms with E-state index < -0.39 is 0 Å². The Morgan fingerprint density at radius 1 is 1.00 bits per heavy atom. The number of imidazole rings is 1. The lowest BCUT2D eigenvalue weighted by atomic mass is 10.2. The van der Waals surface area contributed by atoms with E-state index in [1.54, 1.807) is 31.0 Å². The zero-order valence-corrected chi connectivity index (χ0v) is 11.8. The predicted molar refractivity (Wildman–Crippen MR) is 85.5 cm³/mol. The van der Waals surface area contributed by atoms with Gasteiger partial charge in [-0.25, -0.2) is 4.98 Å². The molecule has 0 aliphatic carbocycles. The first-order valence-electron chi connectivity index (χ1n) is 6.79. The van der Waals surface area contributed by atoms with E-state index in [9.17, 15) is 4.79 Å². The van der Waals surface area contributed by atoms with Gasteiger partial charge < -0.3 is 9.88 Å². The van der Waals surface area contributed by atoms with E-state index in [-0.39, 0.29) is 5.91 Å². The highest BCUT2D eigenvalue weighted by molar-refractivity contribution is 6.01. The van der Waals surface area contributed by atoms with Crippen LogP contribution in [0, 0.1) is 0 Å². The highest BCUT2D eigenvalue weighted by Gasteiger charge is 1.99. The zero-order valence-electron chi connectivity index (χ0n) is 11.8. The molecule has 1 N–H and O–H groups in total. The van der Waals surface area contributed by atoms with Gasteiger partial charge in [0.15, 0.2) is 0 Å². The van der Waals surface area contributed by atoms with Crippen molar-refractivity contribution in [2.24, 2.45) is 0 Å². The van der Waals surface area contributed by atoms with Crippen LogP contribution in [0.5, 0.6) is 0 Å². The molecule has 22 heavy (non-hydrogen) atoms. The molecule has 3 rings (SSSR count). The Hall–Kier alpha value is -3.21. The van der Waals surface area contributed by atoms with E-state index in [2.05, 4.69) is 15.3 Å². The molecule has 108 valence electrons. The predicted octanol–water partition coefficient (Wildman–Crippen LogP) is 2.92. The van der Waals surface area contributed by atoms with Crippen LogP contribution in [0.3, 0.4) is 0 Å². The van der Waals surface area contributed by atoms with Crippen LogP contribution in [-0.4, -0.2) is 20.4 Å². The van der Waals surface area contributed by atoms with Crippen LogP contribution in [-0.2, 0) is 4.79 Å². The first-order chi connectivity index (χ1) is 10.8. The molecule has 5 heteroatoms. The Labute approximate surface area is 128 Å². The summed E-state index contributed by atoms with van der Waals surface area (Å²) in [5.41, 5.74) is 2.66. The van der Waals surface area contributed by atoms with Crippen molar-refractivity contribution in [3.63, 3.8) is 0 Å². The van der Waals surface area contributed by atoms with E-state index in [0.29, 0.717) is 0 Å². The molecule has 0 saturated heterocycles. The first kappa shape index (κ1) is 13.8. The van der Waals surface area contributed by atoms with Gasteiger partial charge in [0.2, 0.25) is 5.91 Å². The zero-order chi connectivity index (χ0) is 15.2. The normalized spacial score (nSPS) is 10.7. The molecular formula is C17H14N4O. The number of nitrogens with zero attached hydrogens (tertiary/aromatic N) is 3. The molecule has 1 amide bonds. The van der Waals surface area contributed by atoms with Crippen molar-refractivity contribution in [2.75, 3.05) is 5.32 Å². The number of carbonyl (C=O) groups is 1.